The Balaban J connectivity index is 2.39. The van der Waals surface area contributed by atoms with Crippen LogP contribution < -0.4 is 10.6 Å². The molecule has 0 spiro atoms. The first-order chi connectivity index (χ1) is 5.88. The summed E-state index contributed by atoms with van der Waals surface area (Å²) >= 11 is 0. The van der Waals surface area contributed by atoms with E-state index >= 15 is 0 Å². The highest BCUT2D eigenvalue weighted by atomic mass is 15.0. The first-order valence-corrected chi connectivity index (χ1v) is 4.44. The van der Waals surface area contributed by atoms with Crippen molar-refractivity contribution in [3.63, 3.8) is 0 Å². The lowest BCUT2D eigenvalue weighted by Gasteiger charge is -2.12. The zero-order valence-electron chi connectivity index (χ0n) is 7.30. The summed E-state index contributed by atoms with van der Waals surface area (Å²) in [6.45, 7) is 4.25. The molecule has 0 radical (unpaired) electrons. The van der Waals surface area contributed by atoms with Crippen molar-refractivity contribution in [1.82, 2.24) is 5.32 Å². The van der Waals surface area contributed by atoms with Gasteiger partial charge in [-0.2, -0.15) is 0 Å². The van der Waals surface area contributed by atoms with Gasteiger partial charge < -0.3 is 10.6 Å². The minimum absolute atomic E-state index is 0.469. The van der Waals surface area contributed by atoms with Gasteiger partial charge in [0.1, 0.15) is 0 Å². The van der Waals surface area contributed by atoms with Gasteiger partial charge in [0.05, 0.1) is 0 Å². The Morgan fingerprint density at radius 1 is 1.25 bits per heavy atom. The fraction of sp³-hybridized carbons (Fsp3) is 0.400. The smallest absolute Gasteiger partial charge is 0.0389 e. The molecule has 0 amide bonds. The molecule has 0 bridgehead atoms. The average molecular weight is 162 g/mol. The Hall–Kier alpha value is -1.02. The molecule has 1 heterocycles. The Morgan fingerprint density at radius 3 is 3.00 bits per heavy atom. The van der Waals surface area contributed by atoms with Crippen molar-refractivity contribution in [2.45, 2.75) is 13.0 Å². The van der Waals surface area contributed by atoms with Gasteiger partial charge in [-0.3, -0.25) is 0 Å². The van der Waals surface area contributed by atoms with Crippen LogP contribution in [0.5, 0.6) is 0 Å². The number of para-hydroxylation sites is 1. The van der Waals surface area contributed by atoms with Gasteiger partial charge in [-0.1, -0.05) is 18.2 Å². The van der Waals surface area contributed by atoms with Crippen molar-refractivity contribution in [2.75, 3.05) is 18.4 Å². The molecule has 2 nitrogen and oxygen atoms in total. The molecule has 2 rings (SSSR count). The van der Waals surface area contributed by atoms with E-state index < -0.39 is 0 Å². The fourth-order valence-corrected chi connectivity index (χ4v) is 1.63. The van der Waals surface area contributed by atoms with Crippen molar-refractivity contribution in [3.05, 3.63) is 29.8 Å². The normalized spacial score (nSPS) is 22.2. The second-order valence-corrected chi connectivity index (χ2v) is 3.19. The number of rotatable bonds is 0. The van der Waals surface area contributed by atoms with E-state index in [1.165, 1.54) is 11.3 Å². The molecule has 1 aromatic carbocycles. The number of fused-ring (bicyclic) bond motifs is 1. The lowest BCUT2D eigenvalue weighted by molar-refractivity contribution is 0.602. The van der Waals surface area contributed by atoms with Crippen LogP contribution in [-0.2, 0) is 0 Å². The predicted molar refractivity (Wildman–Crippen MR) is 51.3 cm³/mol. The Kier molecular flexibility index (Phi) is 2.00. The Morgan fingerprint density at radius 2 is 2.08 bits per heavy atom. The Bertz CT molecular complexity index is 270. The predicted octanol–water partition coefficient (Wildman–Crippen LogP) is 1.76. The van der Waals surface area contributed by atoms with E-state index in [-0.39, 0.29) is 0 Å². The van der Waals surface area contributed by atoms with Crippen LogP contribution in [0.3, 0.4) is 0 Å². The summed E-state index contributed by atoms with van der Waals surface area (Å²) in [4.78, 5) is 0. The highest BCUT2D eigenvalue weighted by molar-refractivity contribution is 5.53. The van der Waals surface area contributed by atoms with Gasteiger partial charge in [0.15, 0.2) is 0 Å². The second kappa shape index (κ2) is 3.15. The molecular formula is C10H14N2. The minimum atomic E-state index is 0.469. The third-order valence-electron chi connectivity index (χ3n) is 2.32. The highest BCUT2D eigenvalue weighted by Crippen LogP contribution is 2.23. The summed E-state index contributed by atoms with van der Waals surface area (Å²) in [7, 11) is 0. The summed E-state index contributed by atoms with van der Waals surface area (Å²) in [5.74, 6) is 0. The summed E-state index contributed by atoms with van der Waals surface area (Å²) in [5.41, 5.74) is 2.64. The molecule has 0 fully saturated rings. The molecule has 0 saturated heterocycles. The number of benzene rings is 1. The quantitative estimate of drug-likeness (QED) is 0.607. The number of anilines is 1. The van der Waals surface area contributed by atoms with E-state index in [0.717, 1.165) is 13.1 Å². The molecule has 1 aromatic rings. The summed E-state index contributed by atoms with van der Waals surface area (Å²) < 4.78 is 0. The molecular weight excluding hydrogens is 148 g/mol. The zero-order chi connectivity index (χ0) is 8.39. The van der Waals surface area contributed by atoms with Crippen LogP contribution >= 0.6 is 0 Å². The molecule has 64 valence electrons. The maximum Gasteiger partial charge on any atom is 0.0389 e. The Labute approximate surface area is 73.0 Å². The van der Waals surface area contributed by atoms with Crippen LogP contribution in [0.4, 0.5) is 5.69 Å². The zero-order valence-corrected chi connectivity index (χ0v) is 7.30. The second-order valence-electron chi connectivity index (χ2n) is 3.19. The number of nitrogens with one attached hydrogen (secondary N) is 2. The topological polar surface area (TPSA) is 24.1 Å². The molecule has 1 aliphatic rings. The van der Waals surface area contributed by atoms with Gasteiger partial charge in [0.2, 0.25) is 0 Å². The van der Waals surface area contributed by atoms with Gasteiger partial charge in [-0.25, -0.2) is 0 Å². The van der Waals surface area contributed by atoms with Crippen LogP contribution in [0.15, 0.2) is 24.3 Å². The fourth-order valence-electron chi connectivity index (χ4n) is 1.63. The van der Waals surface area contributed by atoms with E-state index in [1.54, 1.807) is 0 Å². The maximum absolute atomic E-state index is 3.44. The van der Waals surface area contributed by atoms with Gasteiger partial charge in [-0.15, -0.1) is 0 Å². The molecule has 0 saturated carbocycles. The van der Waals surface area contributed by atoms with E-state index in [4.69, 9.17) is 0 Å². The molecule has 2 heteroatoms. The van der Waals surface area contributed by atoms with Crippen LogP contribution in [0.1, 0.15) is 18.5 Å². The third kappa shape index (κ3) is 1.30. The largest absolute Gasteiger partial charge is 0.383 e. The van der Waals surface area contributed by atoms with Crippen molar-refractivity contribution >= 4 is 5.69 Å². The number of hydrogen-bond donors (Lipinski definition) is 2. The molecule has 12 heavy (non-hydrogen) atoms. The number of hydrogen-bond acceptors (Lipinski definition) is 2. The van der Waals surface area contributed by atoms with Crippen LogP contribution in [-0.4, -0.2) is 13.1 Å². The maximum atomic E-state index is 3.44. The van der Waals surface area contributed by atoms with Gasteiger partial charge in [-0.05, 0) is 18.6 Å². The SMILES string of the molecule is CC1NCCNc2ccccc21. The van der Waals surface area contributed by atoms with Crippen molar-refractivity contribution in [1.29, 1.82) is 0 Å². The van der Waals surface area contributed by atoms with Crippen LogP contribution in [0.2, 0.25) is 0 Å². The summed E-state index contributed by atoms with van der Waals surface area (Å²) in [6.07, 6.45) is 0. The first-order valence-electron chi connectivity index (χ1n) is 4.44. The van der Waals surface area contributed by atoms with E-state index in [0.29, 0.717) is 6.04 Å². The summed E-state index contributed by atoms with van der Waals surface area (Å²) in [5, 5.41) is 6.83. The van der Waals surface area contributed by atoms with E-state index in [2.05, 4.69) is 41.8 Å². The highest BCUT2D eigenvalue weighted by Gasteiger charge is 2.11. The molecule has 0 aliphatic carbocycles. The molecule has 1 aliphatic heterocycles. The molecule has 2 N–H and O–H groups in total. The standard InChI is InChI=1S/C10H14N2/c1-8-9-4-2-3-5-10(9)12-7-6-11-8/h2-5,8,11-12H,6-7H2,1H3. The van der Waals surface area contributed by atoms with Crippen LogP contribution in [0, 0.1) is 0 Å². The van der Waals surface area contributed by atoms with Gasteiger partial charge in [0, 0.05) is 24.8 Å². The monoisotopic (exact) mass is 162 g/mol. The minimum Gasteiger partial charge on any atom is -0.383 e. The third-order valence-corrected chi connectivity index (χ3v) is 2.32. The van der Waals surface area contributed by atoms with Gasteiger partial charge in [0.25, 0.3) is 0 Å². The molecule has 1 unspecified atom stereocenters. The average Bonchev–Trinajstić information content (AvgIpc) is 2.29. The molecule has 1 atom stereocenters. The summed E-state index contributed by atoms with van der Waals surface area (Å²) in [6, 6.07) is 8.94. The van der Waals surface area contributed by atoms with Crippen molar-refractivity contribution < 1.29 is 0 Å². The van der Waals surface area contributed by atoms with Crippen molar-refractivity contribution in [3.8, 4) is 0 Å². The lowest BCUT2D eigenvalue weighted by atomic mass is 10.1. The first kappa shape index (κ1) is 7.62. The lowest BCUT2D eigenvalue weighted by Crippen LogP contribution is -2.20. The van der Waals surface area contributed by atoms with Crippen LogP contribution in [0.25, 0.3) is 0 Å². The van der Waals surface area contributed by atoms with Crippen molar-refractivity contribution in [2.24, 2.45) is 0 Å². The van der Waals surface area contributed by atoms with Gasteiger partial charge >= 0.3 is 0 Å². The molecule has 0 aromatic heterocycles. The van der Waals surface area contributed by atoms with E-state index in [9.17, 15) is 0 Å². The van der Waals surface area contributed by atoms with E-state index in [1.807, 2.05) is 0 Å².